The number of halogens is 1. The smallest absolute Gasteiger partial charge is 0.185 e. The molecule has 0 amide bonds. The zero-order valence-electron chi connectivity index (χ0n) is 6.04. The molecule has 0 aromatic carbocycles. The van der Waals surface area contributed by atoms with Gasteiger partial charge >= 0.3 is 0 Å². The summed E-state index contributed by atoms with van der Waals surface area (Å²) in [4.78, 5) is 4.95. The number of rotatable bonds is 1. The van der Waals surface area contributed by atoms with E-state index in [4.69, 9.17) is 0 Å². The lowest BCUT2D eigenvalue weighted by atomic mass is 10.4. The first kappa shape index (κ1) is 9.09. The lowest BCUT2D eigenvalue weighted by molar-refractivity contribution is 0.191. The Kier molecular flexibility index (Phi) is 2.73. The van der Waals surface area contributed by atoms with E-state index >= 15 is 0 Å². The van der Waals surface area contributed by atoms with Crippen LogP contribution in [0.2, 0.25) is 0 Å². The molecule has 0 aliphatic carbocycles. The van der Waals surface area contributed by atoms with Crippen molar-refractivity contribution >= 4 is 23.7 Å². The second-order valence-electron chi connectivity index (χ2n) is 2.07. The van der Waals surface area contributed by atoms with Gasteiger partial charge in [-0.3, -0.25) is 0 Å². The molecule has 5 heteroatoms. The summed E-state index contributed by atoms with van der Waals surface area (Å²) in [5, 5.41) is 11.1. The Balaban J connectivity index is 0.000000720. The number of imidazole rings is 1. The molecule has 0 aliphatic rings. The Labute approximate surface area is 79.7 Å². The van der Waals surface area contributed by atoms with Gasteiger partial charge in [0, 0.05) is 6.20 Å². The predicted molar refractivity (Wildman–Crippen MR) is 50.0 cm³/mol. The van der Waals surface area contributed by atoms with Crippen LogP contribution in [0, 0.1) is 0 Å². The molecule has 0 atom stereocenters. The molecular weight excluding hydrogens is 196 g/mol. The second-order valence-corrected chi connectivity index (χ2v) is 3.02. The van der Waals surface area contributed by atoms with Gasteiger partial charge in [-0.1, -0.05) is 6.07 Å². The fraction of sp³-hybridized carbons (Fsp3) is 0. The van der Waals surface area contributed by atoms with E-state index in [1.54, 1.807) is 17.5 Å². The monoisotopic (exact) mass is 202 g/mol. The fourth-order valence-electron chi connectivity index (χ4n) is 0.879. The third-order valence-corrected chi connectivity index (χ3v) is 2.23. The Morgan fingerprint density at radius 1 is 1.50 bits per heavy atom. The highest BCUT2D eigenvalue weighted by Gasteiger charge is 2.03. The maximum absolute atomic E-state index is 9.18. The predicted octanol–water partition coefficient (Wildman–Crippen LogP) is 2.27. The zero-order chi connectivity index (χ0) is 7.68. The Hall–Kier alpha value is -1.00. The molecule has 3 nitrogen and oxygen atoms in total. The van der Waals surface area contributed by atoms with Crippen LogP contribution in [0.4, 0.5) is 0 Å². The molecule has 2 aromatic rings. The average Bonchev–Trinajstić information content (AvgIpc) is 2.55. The van der Waals surface area contributed by atoms with Crippen molar-refractivity contribution < 1.29 is 5.21 Å². The lowest BCUT2D eigenvalue weighted by Crippen LogP contribution is -1.89. The molecule has 0 saturated heterocycles. The Bertz CT molecular complexity index is 344. The minimum atomic E-state index is 0. The quantitative estimate of drug-likeness (QED) is 0.721. The zero-order valence-corrected chi connectivity index (χ0v) is 7.68. The SMILES string of the molecule is Cl.On1ccnc1-c1cccs1. The average molecular weight is 203 g/mol. The highest BCUT2D eigenvalue weighted by atomic mass is 35.5. The third-order valence-electron chi connectivity index (χ3n) is 1.36. The van der Waals surface area contributed by atoms with Crippen molar-refractivity contribution in [2.45, 2.75) is 0 Å². The maximum Gasteiger partial charge on any atom is 0.185 e. The van der Waals surface area contributed by atoms with Gasteiger partial charge in [-0.2, -0.15) is 4.73 Å². The van der Waals surface area contributed by atoms with Crippen molar-refractivity contribution in [3.8, 4) is 10.7 Å². The van der Waals surface area contributed by atoms with E-state index < -0.39 is 0 Å². The molecule has 0 fully saturated rings. The van der Waals surface area contributed by atoms with Gasteiger partial charge in [0.05, 0.1) is 11.1 Å². The van der Waals surface area contributed by atoms with Crippen molar-refractivity contribution in [3.05, 3.63) is 29.9 Å². The molecule has 2 aromatic heterocycles. The number of thiophene rings is 1. The molecule has 2 heterocycles. The summed E-state index contributed by atoms with van der Waals surface area (Å²) in [6.07, 6.45) is 3.07. The normalized spacial score (nSPS) is 9.33. The van der Waals surface area contributed by atoms with Crippen LogP contribution in [0.3, 0.4) is 0 Å². The number of aromatic nitrogens is 2. The van der Waals surface area contributed by atoms with Crippen molar-refractivity contribution in [1.82, 2.24) is 9.71 Å². The minimum absolute atomic E-state index is 0. The van der Waals surface area contributed by atoms with E-state index in [-0.39, 0.29) is 12.4 Å². The standard InChI is InChI=1S/C7H6N2OS.ClH/c10-9-4-3-8-7(9)6-2-1-5-11-6;/h1-5,10H;1H. The van der Waals surface area contributed by atoms with Crippen molar-refractivity contribution in [1.29, 1.82) is 0 Å². The highest BCUT2D eigenvalue weighted by molar-refractivity contribution is 7.13. The summed E-state index contributed by atoms with van der Waals surface area (Å²) in [7, 11) is 0. The topological polar surface area (TPSA) is 38.0 Å². The Morgan fingerprint density at radius 2 is 2.33 bits per heavy atom. The largest absolute Gasteiger partial charge is 0.427 e. The molecule has 0 radical (unpaired) electrons. The van der Waals surface area contributed by atoms with E-state index in [0.29, 0.717) is 5.82 Å². The van der Waals surface area contributed by atoms with E-state index in [9.17, 15) is 5.21 Å². The van der Waals surface area contributed by atoms with Gasteiger partial charge in [-0.25, -0.2) is 4.98 Å². The van der Waals surface area contributed by atoms with E-state index in [1.165, 1.54) is 6.20 Å². The molecule has 0 spiro atoms. The van der Waals surface area contributed by atoms with Crippen LogP contribution in [0.5, 0.6) is 0 Å². The lowest BCUT2D eigenvalue weighted by Gasteiger charge is -1.93. The van der Waals surface area contributed by atoms with Crippen molar-refractivity contribution in [2.75, 3.05) is 0 Å². The summed E-state index contributed by atoms with van der Waals surface area (Å²) in [5.74, 6) is 0.597. The van der Waals surface area contributed by atoms with Crippen LogP contribution in [0.15, 0.2) is 29.9 Å². The number of nitrogens with zero attached hydrogens (tertiary/aromatic N) is 2. The van der Waals surface area contributed by atoms with Crippen LogP contribution >= 0.6 is 23.7 Å². The first-order valence-corrected chi connectivity index (χ1v) is 4.02. The van der Waals surface area contributed by atoms with E-state index in [1.807, 2.05) is 17.5 Å². The van der Waals surface area contributed by atoms with Gasteiger partial charge in [0.1, 0.15) is 0 Å². The Morgan fingerprint density at radius 3 is 2.83 bits per heavy atom. The van der Waals surface area contributed by atoms with E-state index in [0.717, 1.165) is 9.61 Å². The van der Waals surface area contributed by atoms with Gasteiger partial charge in [0.25, 0.3) is 0 Å². The maximum atomic E-state index is 9.18. The summed E-state index contributed by atoms with van der Waals surface area (Å²) in [5.41, 5.74) is 0. The van der Waals surface area contributed by atoms with Gasteiger partial charge in [-0.15, -0.1) is 23.7 Å². The molecular formula is C7H7ClN2OS. The molecule has 0 saturated carbocycles. The summed E-state index contributed by atoms with van der Waals surface area (Å²) in [6, 6.07) is 3.84. The van der Waals surface area contributed by atoms with Gasteiger partial charge in [-0.05, 0) is 11.4 Å². The number of hydrogen-bond acceptors (Lipinski definition) is 3. The number of hydrogen-bond donors (Lipinski definition) is 1. The summed E-state index contributed by atoms with van der Waals surface area (Å²) < 4.78 is 1.02. The summed E-state index contributed by atoms with van der Waals surface area (Å²) >= 11 is 1.55. The first-order chi connectivity index (χ1) is 5.38. The van der Waals surface area contributed by atoms with E-state index in [2.05, 4.69) is 4.98 Å². The van der Waals surface area contributed by atoms with Gasteiger partial charge in [0.2, 0.25) is 0 Å². The van der Waals surface area contributed by atoms with Gasteiger partial charge < -0.3 is 5.21 Å². The van der Waals surface area contributed by atoms with Crippen molar-refractivity contribution in [2.24, 2.45) is 0 Å². The first-order valence-electron chi connectivity index (χ1n) is 3.14. The fourth-order valence-corrected chi connectivity index (χ4v) is 1.59. The third kappa shape index (κ3) is 1.44. The van der Waals surface area contributed by atoms with Crippen LogP contribution in [0.1, 0.15) is 0 Å². The highest BCUT2D eigenvalue weighted by Crippen LogP contribution is 2.21. The summed E-state index contributed by atoms with van der Waals surface area (Å²) in [6.45, 7) is 0. The van der Waals surface area contributed by atoms with Crippen LogP contribution in [0.25, 0.3) is 10.7 Å². The molecule has 0 unspecified atom stereocenters. The molecule has 64 valence electrons. The molecule has 1 N–H and O–H groups in total. The van der Waals surface area contributed by atoms with Crippen LogP contribution in [-0.2, 0) is 0 Å². The second kappa shape index (κ2) is 3.60. The van der Waals surface area contributed by atoms with Crippen LogP contribution in [-0.4, -0.2) is 14.9 Å². The van der Waals surface area contributed by atoms with Crippen molar-refractivity contribution in [3.63, 3.8) is 0 Å². The van der Waals surface area contributed by atoms with Gasteiger partial charge in [0.15, 0.2) is 5.82 Å². The van der Waals surface area contributed by atoms with Crippen LogP contribution < -0.4 is 0 Å². The molecule has 2 rings (SSSR count). The molecule has 12 heavy (non-hydrogen) atoms. The molecule has 0 aliphatic heterocycles. The minimum Gasteiger partial charge on any atom is -0.427 e. The molecule has 0 bridgehead atoms.